The second kappa shape index (κ2) is 8.07. The van der Waals surface area contributed by atoms with Crippen molar-refractivity contribution < 1.29 is 37.1 Å². The summed E-state index contributed by atoms with van der Waals surface area (Å²) in [5.74, 6) is -4.38. The molecule has 0 aromatic rings. The largest absolute Gasteiger partial charge is 0.449 e. The Labute approximate surface area is 200 Å². The van der Waals surface area contributed by atoms with E-state index >= 15 is 8.78 Å². The summed E-state index contributed by atoms with van der Waals surface area (Å²) < 4.78 is 51.6. The van der Waals surface area contributed by atoms with E-state index in [1.807, 2.05) is 0 Å². The topological polar surface area (TPSA) is 77.5 Å². The molecular weight excluding hydrogens is 469 g/mol. The van der Waals surface area contributed by atoms with Crippen molar-refractivity contribution in [2.75, 3.05) is 6.01 Å². The van der Waals surface area contributed by atoms with Gasteiger partial charge < -0.3 is 4.74 Å². The number of allylic oxidation sites excluding steroid dienone is 4. The average molecular weight is 499 g/mol. The predicted molar refractivity (Wildman–Crippen MR) is 120 cm³/mol. The van der Waals surface area contributed by atoms with Gasteiger partial charge >= 0.3 is 5.97 Å². The molecule has 0 aromatic carbocycles. The molecule has 0 radical (unpaired) electrons. The van der Waals surface area contributed by atoms with E-state index in [9.17, 15) is 23.6 Å². The minimum atomic E-state index is -2.50. The Bertz CT molecular complexity index is 1030. The molecule has 0 bridgehead atoms. The molecule has 8 atom stereocenters. The first-order valence-corrected chi connectivity index (χ1v) is 12.6. The van der Waals surface area contributed by atoms with Gasteiger partial charge in [0.1, 0.15) is 12.2 Å². The maximum absolute atomic E-state index is 17.1. The number of ether oxygens (including phenoxy) is 1. The number of Topliss-reactive ketones (excluding diaryl/α,β-unsaturated/α-hetero) is 1. The van der Waals surface area contributed by atoms with Crippen molar-refractivity contribution in [1.29, 1.82) is 0 Å². The minimum Gasteiger partial charge on any atom is -0.449 e. The average Bonchev–Trinajstić information content (AvgIpc) is 2.99. The number of hydrogen-bond acceptors (Lipinski definition) is 6. The summed E-state index contributed by atoms with van der Waals surface area (Å²) in [6, 6.07) is -1.04. The van der Waals surface area contributed by atoms with Gasteiger partial charge in [0.25, 0.3) is 0 Å². The zero-order valence-corrected chi connectivity index (χ0v) is 20.5. The molecule has 0 N–H and O–H groups in total. The van der Waals surface area contributed by atoms with Crippen LogP contribution in [0.25, 0.3) is 0 Å². The van der Waals surface area contributed by atoms with Crippen LogP contribution in [0.1, 0.15) is 53.4 Å². The number of thioether (sulfide) groups is 1. The summed E-state index contributed by atoms with van der Waals surface area (Å²) in [5, 5.41) is -0.712. The zero-order chi connectivity index (χ0) is 25.3. The second-order valence-corrected chi connectivity index (χ2v) is 11.3. The lowest BCUT2D eigenvalue weighted by molar-refractivity contribution is -0.200. The molecule has 4 rings (SSSR count). The monoisotopic (exact) mass is 498 g/mol. The van der Waals surface area contributed by atoms with Crippen LogP contribution in [0.15, 0.2) is 23.8 Å². The number of hydrogen-bond donors (Lipinski definition) is 0. The van der Waals surface area contributed by atoms with Gasteiger partial charge in [0.15, 0.2) is 22.8 Å². The molecule has 186 valence electrons. The van der Waals surface area contributed by atoms with Crippen molar-refractivity contribution >= 4 is 34.4 Å². The van der Waals surface area contributed by atoms with Crippen LogP contribution in [0.3, 0.4) is 0 Å². The molecule has 0 aliphatic heterocycles. The molecule has 0 heterocycles. The van der Waals surface area contributed by atoms with Gasteiger partial charge in [-0.25, -0.2) is 13.2 Å². The Morgan fingerprint density at radius 3 is 2.50 bits per heavy atom. The molecule has 5 nitrogen and oxygen atoms in total. The molecule has 3 saturated carbocycles. The Balaban J connectivity index is 1.88. The number of halogens is 3. The number of alkyl halides is 3. The summed E-state index contributed by atoms with van der Waals surface area (Å²) in [4.78, 5) is 51.4. The standard InChI is InChI=1S/C25H29F3O5S/c1-5-20(31)33-25(21(32)34-12-26)13(2)8-15-16-10-18(27)17-9-14(29)6-7-22(17,3)24(16,28)19(30)11-23(15,25)4/h6-7,9,13,15-16,18H,5,8,10-12H2,1-4H3/t13?,15-,16-,18-,22-,23-,24-,25?/m0/s1. The quantitative estimate of drug-likeness (QED) is 0.526. The van der Waals surface area contributed by atoms with E-state index in [2.05, 4.69) is 0 Å². The molecular formula is C25H29F3O5S. The van der Waals surface area contributed by atoms with E-state index < -0.39 is 81.1 Å². The fourth-order valence-corrected chi connectivity index (χ4v) is 8.15. The van der Waals surface area contributed by atoms with Crippen LogP contribution in [0.5, 0.6) is 0 Å². The van der Waals surface area contributed by atoms with E-state index in [1.165, 1.54) is 13.0 Å². The van der Waals surface area contributed by atoms with Crippen molar-refractivity contribution in [2.24, 2.45) is 28.6 Å². The highest BCUT2D eigenvalue weighted by atomic mass is 32.2. The molecule has 0 spiro atoms. The van der Waals surface area contributed by atoms with E-state index in [4.69, 9.17) is 4.74 Å². The van der Waals surface area contributed by atoms with Crippen LogP contribution < -0.4 is 0 Å². The SMILES string of the molecule is CCC(=O)OC1(C(=O)SCF)C(C)C[C@H]2[C@@H]3C[C@H](F)C4=CC(=O)C=C[C@]4(C)[C@@]3(F)C(=O)C[C@@]21C. The van der Waals surface area contributed by atoms with Crippen molar-refractivity contribution in [2.45, 2.75) is 70.8 Å². The van der Waals surface area contributed by atoms with Crippen LogP contribution in [-0.4, -0.2) is 46.1 Å². The van der Waals surface area contributed by atoms with Gasteiger partial charge in [0.2, 0.25) is 5.12 Å². The Morgan fingerprint density at radius 2 is 1.88 bits per heavy atom. The number of fused-ring (bicyclic) bond motifs is 5. The van der Waals surface area contributed by atoms with Crippen LogP contribution in [0, 0.1) is 28.6 Å². The first-order chi connectivity index (χ1) is 15.8. The van der Waals surface area contributed by atoms with Crippen molar-refractivity contribution in [3.05, 3.63) is 23.8 Å². The van der Waals surface area contributed by atoms with Crippen LogP contribution in [0.2, 0.25) is 0 Å². The zero-order valence-electron chi connectivity index (χ0n) is 19.7. The maximum atomic E-state index is 17.1. The van der Waals surface area contributed by atoms with Gasteiger partial charge in [-0.2, -0.15) is 0 Å². The number of carbonyl (C=O) groups is 4. The number of carbonyl (C=O) groups excluding carboxylic acids is 4. The Hall–Kier alpha value is -1.90. The summed E-state index contributed by atoms with van der Waals surface area (Å²) in [5.41, 5.74) is -7.36. The van der Waals surface area contributed by atoms with Crippen LogP contribution >= 0.6 is 11.8 Å². The molecule has 34 heavy (non-hydrogen) atoms. The normalized spacial score (nSPS) is 45.2. The number of esters is 1. The van der Waals surface area contributed by atoms with Gasteiger partial charge in [-0.15, -0.1) is 0 Å². The second-order valence-electron chi connectivity index (χ2n) is 10.4. The first-order valence-electron chi connectivity index (χ1n) is 11.6. The Kier molecular flexibility index (Phi) is 5.98. The van der Waals surface area contributed by atoms with Gasteiger partial charge in [-0.3, -0.25) is 19.2 Å². The highest BCUT2D eigenvalue weighted by molar-refractivity contribution is 8.13. The van der Waals surface area contributed by atoms with Crippen LogP contribution in [-0.2, 0) is 23.9 Å². The summed E-state index contributed by atoms with van der Waals surface area (Å²) in [6.07, 6.45) is 1.29. The molecule has 4 aliphatic carbocycles. The fraction of sp³-hybridized carbons (Fsp3) is 0.680. The van der Waals surface area contributed by atoms with E-state index in [0.717, 1.165) is 12.2 Å². The first kappa shape index (κ1) is 25.2. The summed E-state index contributed by atoms with van der Waals surface area (Å²) in [6.45, 7) is 6.28. The molecule has 3 fully saturated rings. The van der Waals surface area contributed by atoms with Crippen molar-refractivity contribution in [3.8, 4) is 0 Å². The number of ketones is 2. The molecule has 4 aliphatic rings. The summed E-state index contributed by atoms with van der Waals surface area (Å²) in [7, 11) is 0. The van der Waals surface area contributed by atoms with Crippen molar-refractivity contribution in [1.82, 2.24) is 0 Å². The highest BCUT2D eigenvalue weighted by Gasteiger charge is 2.78. The van der Waals surface area contributed by atoms with E-state index in [1.54, 1.807) is 20.8 Å². The lowest BCUT2D eigenvalue weighted by atomic mass is 9.45. The molecule has 0 amide bonds. The van der Waals surface area contributed by atoms with Gasteiger partial charge in [0, 0.05) is 30.1 Å². The van der Waals surface area contributed by atoms with Gasteiger partial charge in [-0.05, 0) is 55.2 Å². The van der Waals surface area contributed by atoms with E-state index in [0.29, 0.717) is 11.8 Å². The minimum absolute atomic E-state index is 0.0369. The molecule has 9 heteroatoms. The predicted octanol–water partition coefficient (Wildman–Crippen LogP) is 4.64. The fourth-order valence-electron chi connectivity index (χ4n) is 7.36. The smallest absolute Gasteiger partial charge is 0.306 e. The lowest BCUT2D eigenvalue weighted by Crippen LogP contribution is -2.69. The highest BCUT2D eigenvalue weighted by Crippen LogP contribution is 2.71. The third-order valence-corrected chi connectivity index (χ3v) is 9.66. The third-order valence-electron chi connectivity index (χ3n) is 8.98. The Morgan fingerprint density at radius 1 is 1.21 bits per heavy atom. The van der Waals surface area contributed by atoms with E-state index in [-0.39, 0.29) is 24.8 Å². The molecule has 2 unspecified atom stereocenters. The lowest BCUT2D eigenvalue weighted by Gasteiger charge is -2.60. The molecule has 0 aromatic heterocycles. The van der Waals surface area contributed by atoms with Gasteiger partial charge in [0.05, 0.1) is 5.41 Å². The van der Waals surface area contributed by atoms with Gasteiger partial charge in [-0.1, -0.05) is 26.8 Å². The van der Waals surface area contributed by atoms with Crippen LogP contribution in [0.4, 0.5) is 13.2 Å². The maximum Gasteiger partial charge on any atom is 0.306 e. The number of rotatable bonds is 4. The molecule has 0 saturated heterocycles. The van der Waals surface area contributed by atoms with Crippen molar-refractivity contribution in [3.63, 3.8) is 0 Å². The third kappa shape index (κ3) is 2.94. The summed E-state index contributed by atoms with van der Waals surface area (Å²) >= 11 is 0.366.